The van der Waals surface area contributed by atoms with Crippen LogP contribution in [0.25, 0.3) is 22.4 Å². The van der Waals surface area contributed by atoms with E-state index in [-0.39, 0.29) is 17.8 Å². The number of aromatic nitrogens is 2. The molecule has 5 rings (SSSR count). The first kappa shape index (κ1) is 27.8. The average molecular weight is 567 g/mol. The molecule has 11 heteroatoms. The summed E-state index contributed by atoms with van der Waals surface area (Å²) in [5.41, 5.74) is 9.19. The maximum absolute atomic E-state index is 14.0. The highest BCUT2D eigenvalue weighted by atomic mass is 32.1. The molecule has 2 aromatic carbocycles. The summed E-state index contributed by atoms with van der Waals surface area (Å²) in [4.78, 5) is 25.6. The number of carbonyl (C=O) groups excluding carboxylic acids is 1. The second-order valence-electron chi connectivity index (χ2n) is 9.94. The lowest BCUT2D eigenvalue weighted by molar-refractivity contribution is -0.138. The van der Waals surface area contributed by atoms with Crippen molar-refractivity contribution in [2.45, 2.75) is 19.6 Å². The fourth-order valence-corrected chi connectivity index (χ4v) is 5.54. The van der Waals surface area contributed by atoms with Crippen molar-refractivity contribution < 1.29 is 18.0 Å². The first-order chi connectivity index (χ1) is 19.1. The van der Waals surface area contributed by atoms with Crippen LogP contribution in [0.2, 0.25) is 0 Å². The molecule has 7 nitrogen and oxygen atoms in total. The highest BCUT2D eigenvalue weighted by Crippen LogP contribution is 2.35. The number of halogens is 3. The molecule has 0 bridgehead atoms. The molecule has 208 valence electrons. The van der Waals surface area contributed by atoms with Gasteiger partial charge < -0.3 is 16.0 Å². The minimum absolute atomic E-state index is 0.0964. The summed E-state index contributed by atoms with van der Waals surface area (Å²) in [5, 5.41) is 4.58. The Kier molecular flexibility index (Phi) is 7.88. The molecule has 1 saturated heterocycles. The van der Waals surface area contributed by atoms with Gasteiger partial charge in [-0.2, -0.15) is 13.2 Å². The van der Waals surface area contributed by atoms with Gasteiger partial charge in [0, 0.05) is 54.9 Å². The first-order valence-corrected chi connectivity index (χ1v) is 13.7. The Balaban J connectivity index is 1.34. The fraction of sp³-hybridized carbons (Fsp3) is 0.276. The predicted molar refractivity (Wildman–Crippen MR) is 154 cm³/mol. The SMILES string of the molecule is Cc1ccc(C(=O)Nc2ccc(CN3CCN(C)CC3)c(C(F)(F)F)c2)cc1/C=C/c1csc2c(N)ncnc12. The van der Waals surface area contributed by atoms with Crippen LogP contribution in [0.15, 0.2) is 48.1 Å². The van der Waals surface area contributed by atoms with E-state index in [2.05, 4.69) is 20.2 Å². The Morgan fingerprint density at radius 2 is 1.82 bits per heavy atom. The number of hydrogen-bond acceptors (Lipinski definition) is 7. The number of amides is 1. The van der Waals surface area contributed by atoms with Gasteiger partial charge in [-0.3, -0.25) is 9.69 Å². The van der Waals surface area contributed by atoms with E-state index < -0.39 is 17.6 Å². The molecule has 0 unspecified atom stereocenters. The number of thiophene rings is 1. The minimum Gasteiger partial charge on any atom is -0.382 e. The van der Waals surface area contributed by atoms with Crippen LogP contribution >= 0.6 is 11.3 Å². The molecule has 4 aromatic rings. The van der Waals surface area contributed by atoms with E-state index in [4.69, 9.17) is 5.73 Å². The van der Waals surface area contributed by atoms with Crippen molar-refractivity contribution in [3.8, 4) is 0 Å². The minimum atomic E-state index is -4.54. The second-order valence-corrected chi connectivity index (χ2v) is 10.8. The average Bonchev–Trinajstić information content (AvgIpc) is 3.34. The van der Waals surface area contributed by atoms with Crippen LogP contribution in [0, 0.1) is 6.92 Å². The molecule has 3 heterocycles. The molecule has 1 amide bonds. The predicted octanol–water partition coefficient (Wildman–Crippen LogP) is 5.77. The van der Waals surface area contributed by atoms with Crippen LogP contribution in [-0.4, -0.2) is 58.9 Å². The van der Waals surface area contributed by atoms with Gasteiger partial charge in [-0.1, -0.05) is 24.3 Å². The smallest absolute Gasteiger partial charge is 0.382 e. The normalized spacial score (nSPS) is 15.2. The number of likely N-dealkylation sites (N-methyl/N-ethyl adjacent to an activating group) is 1. The van der Waals surface area contributed by atoms with Crippen LogP contribution in [-0.2, 0) is 12.7 Å². The first-order valence-electron chi connectivity index (χ1n) is 12.8. The van der Waals surface area contributed by atoms with E-state index in [1.807, 2.05) is 36.4 Å². The lowest BCUT2D eigenvalue weighted by Crippen LogP contribution is -2.44. The highest BCUT2D eigenvalue weighted by Gasteiger charge is 2.34. The third-order valence-corrected chi connectivity index (χ3v) is 8.07. The molecular weight excluding hydrogens is 537 g/mol. The molecule has 0 spiro atoms. The third kappa shape index (κ3) is 6.16. The number of anilines is 2. The van der Waals surface area contributed by atoms with E-state index in [9.17, 15) is 18.0 Å². The van der Waals surface area contributed by atoms with E-state index in [0.717, 1.165) is 46.1 Å². The van der Waals surface area contributed by atoms with Crippen molar-refractivity contribution in [2.24, 2.45) is 0 Å². The lowest BCUT2D eigenvalue weighted by atomic mass is 10.0. The Hall–Kier alpha value is -3.80. The number of nitrogens with one attached hydrogen (secondary N) is 1. The lowest BCUT2D eigenvalue weighted by Gasteiger charge is -2.33. The molecule has 0 radical (unpaired) electrons. The number of nitrogens with two attached hydrogens (primary N) is 1. The van der Waals surface area contributed by atoms with Crippen LogP contribution in [0.1, 0.15) is 38.2 Å². The molecule has 0 saturated carbocycles. The summed E-state index contributed by atoms with van der Waals surface area (Å²) in [6, 6.07) is 9.19. The van der Waals surface area contributed by atoms with Gasteiger partial charge in [0.1, 0.15) is 12.1 Å². The van der Waals surface area contributed by atoms with E-state index in [1.165, 1.54) is 29.8 Å². The Morgan fingerprint density at radius 3 is 2.58 bits per heavy atom. The summed E-state index contributed by atoms with van der Waals surface area (Å²) >= 11 is 1.45. The molecule has 1 aliphatic rings. The van der Waals surface area contributed by atoms with E-state index >= 15 is 0 Å². The van der Waals surface area contributed by atoms with Gasteiger partial charge in [0.2, 0.25) is 0 Å². The van der Waals surface area contributed by atoms with Crippen molar-refractivity contribution in [3.05, 3.63) is 81.5 Å². The number of nitrogens with zero attached hydrogens (tertiary/aromatic N) is 4. The van der Waals surface area contributed by atoms with Gasteiger partial charge in [0.05, 0.1) is 15.8 Å². The molecule has 2 aromatic heterocycles. The zero-order valence-corrected chi connectivity index (χ0v) is 22.9. The number of alkyl halides is 3. The van der Waals surface area contributed by atoms with Gasteiger partial charge >= 0.3 is 6.18 Å². The number of benzene rings is 2. The maximum Gasteiger partial charge on any atom is 0.416 e. The zero-order valence-electron chi connectivity index (χ0n) is 22.1. The molecule has 3 N–H and O–H groups in total. The van der Waals surface area contributed by atoms with E-state index in [0.29, 0.717) is 24.5 Å². The van der Waals surface area contributed by atoms with Gasteiger partial charge in [0.15, 0.2) is 0 Å². The molecule has 0 atom stereocenters. The number of aryl methyl sites for hydroxylation is 1. The zero-order chi connectivity index (χ0) is 28.4. The topological polar surface area (TPSA) is 87.4 Å². The summed E-state index contributed by atoms with van der Waals surface area (Å²) in [6.07, 6.45) is 0.651. The molecule has 1 fully saturated rings. The van der Waals surface area contributed by atoms with Gasteiger partial charge in [-0.25, -0.2) is 9.97 Å². The maximum atomic E-state index is 14.0. The number of hydrogen-bond donors (Lipinski definition) is 2. The molecule has 40 heavy (non-hydrogen) atoms. The van der Waals surface area contributed by atoms with Gasteiger partial charge in [-0.05, 0) is 54.9 Å². The number of fused-ring (bicyclic) bond motifs is 1. The van der Waals surface area contributed by atoms with Crippen molar-refractivity contribution in [1.82, 2.24) is 19.8 Å². The summed E-state index contributed by atoms with van der Waals surface area (Å²) in [5.74, 6) is -0.0679. The highest BCUT2D eigenvalue weighted by molar-refractivity contribution is 7.18. The molecular formula is C29H29F3N6OS. The van der Waals surface area contributed by atoms with Crippen molar-refractivity contribution in [2.75, 3.05) is 44.3 Å². The monoisotopic (exact) mass is 566 g/mol. The van der Waals surface area contributed by atoms with Gasteiger partial charge in [0.25, 0.3) is 5.91 Å². The molecule has 0 aliphatic carbocycles. The largest absolute Gasteiger partial charge is 0.416 e. The summed E-state index contributed by atoms with van der Waals surface area (Å²) in [6.45, 7) is 5.18. The number of piperazine rings is 1. The Labute approximate surface area is 234 Å². The van der Waals surface area contributed by atoms with Gasteiger partial charge in [-0.15, -0.1) is 11.3 Å². The molecule has 1 aliphatic heterocycles. The van der Waals surface area contributed by atoms with Crippen molar-refractivity contribution >= 4 is 51.1 Å². The van der Waals surface area contributed by atoms with Crippen LogP contribution in [0.4, 0.5) is 24.7 Å². The van der Waals surface area contributed by atoms with Crippen molar-refractivity contribution in [1.29, 1.82) is 0 Å². The van der Waals surface area contributed by atoms with Crippen molar-refractivity contribution in [3.63, 3.8) is 0 Å². The third-order valence-electron chi connectivity index (χ3n) is 7.06. The summed E-state index contributed by atoms with van der Waals surface area (Å²) in [7, 11) is 2.00. The summed E-state index contributed by atoms with van der Waals surface area (Å²) < 4.78 is 42.7. The number of nitrogen functional groups attached to an aromatic ring is 1. The van der Waals surface area contributed by atoms with Crippen LogP contribution in [0.3, 0.4) is 0 Å². The Morgan fingerprint density at radius 1 is 1.07 bits per heavy atom. The van der Waals surface area contributed by atoms with Crippen LogP contribution in [0.5, 0.6) is 0 Å². The fourth-order valence-electron chi connectivity index (χ4n) is 4.65. The number of carbonyl (C=O) groups is 1. The van der Waals surface area contributed by atoms with Crippen LogP contribution < -0.4 is 11.1 Å². The Bertz CT molecular complexity index is 1570. The standard InChI is InChI=1S/C29H29F3N6OS/c1-18-3-4-20(13-19(18)5-6-22-16-40-26-25(22)34-17-35-27(26)33)28(39)36-23-8-7-21(24(14-23)29(30,31)32)15-38-11-9-37(2)10-12-38/h3-8,13-14,16-17H,9-12,15H2,1-2H3,(H,36,39)(H2,33,34,35)/b6-5+. The second kappa shape index (κ2) is 11.4. The quantitative estimate of drug-likeness (QED) is 0.308. The van der Waals surface area contributed by atoms with E-state index in [1.54, 1.807) is 18.2 Å². The number of rotatable bonds is 6.